The zero-order valence-corrected chi connectivity index (χ0v) is 12.4. The summed E-state index contributed by atoms with van der Waals surface area (Å²) in [7, 11) is 1.22. The van der Waals surface area contributed by atoms with Crippen LogP contribution in [-0.2, 0) is 4.79 Å². The second kappa shape index (κ2) is 7.62. The maximum atomic E-state index is 12.2. The van der Waals surface area contributed by atoms with Gasteiger partial charge in [0, 0.05) is 19.7 Å². The Balaban J connectivity index is 3.05. The van der Waals surface area contributed by atoms with Crippen molar-refractivity contribution in [3.8, 4) is 5.75 Å². The zero-order valence-electron chi connectivity index (χ0n) is 12.4. The molecule has 8 nitrogen and oxygen atoms in total. The Labute approximate surface area is 133 Å². The van der Waals surface area contributed by atoms with E-state index in [0.717, 1.165) is 23.1 Å². The molecule has 0 aromatic heterocycles. The lowest BCUT2D eigenvalue weighted by atomic mass is 10.1. The van der Waals surface area contributed by atoms with Gasteiger partial charge in [-0.25, -0.2) is 0 Å². The molecule has 0 aliphatic heterocycles. The number of aliphatic carboxylic acids is 1. The Bertz CT molecular complexity index is 647. The Morgan fingerprint density at radius 2 is 2.00 bits per heavy atom. The molecule has 1 N–H and O–H groups in total. The van der Waals surface area contributed by atoms with E-state index in [2.05, 4.69) is 4.74 Å². The summed E-state index contributed by atoms with van der Waals surface area (Å²) in [6, 6.07) is 2.62. The van der Waals surface area contributed by atoms with Crippen LogP contribution in [0.5, 0.6) is 5.75 Å². The lowest BCUT2D eigenvalue weighted by Crippen LogP contribution is -2.29. The van der Waals surface area contributed by atoms with Gasteiger partial charge in [0.05, 0.1) is 11.3 Å². The number of carbonyl (C=O) groups excluding carboxylic acids is 1. The van der Waals surface area contributed by atoms with Crippen molar-refractivity contribution in [1.82, 2.24) is 4.90 Å². The van der Waals surface area contributed by atoms with Crippen LogP contribution in [0.25, 0.3) is 0 Å². The second-order valence-electron chi connectivity index (χ2n) is 4.71. The van der Waals surface area contributed by atoms with Gasteiger partial charge in [-0.1, -0.05) is 0 Å². The number of ether oxygens (including phenoxy) is 1. The van der Waals surface area contributed by atoms with Gasteiger partial charge in [0.15, 0.2) is 6.61 Å². The smallest absolute Gasteiger partial charge is 0.422 e. The summed E-state index contributed by atoms with van der Waals surface area (Å²) in [6.07, 6.45) is -5.00. The molecule has 1 rings (SSSR count). The molecule has 24 heavy (non-hydrogen) atoms. The minimum absolute atomic E-state index is 0.223. The highest BCUT2D eigenvalue weighted by Crippen LogP contribution is 2.26. The Morgan fingerprint density at radius 3 is 2.50 bits per heavy atom. The summed E-state index contributed by atoms with van der Waals surface area (Å²) in [5, 5.41) is 19.5. The predicted molar refractivity (Wildman–Crippen MR) is 73.9 cm³/mol. The van der Waals surface area contributed by atoms with Crippen LogP contribution in [0.4, 0.5) is 18.9 Å². The topological polar surface area (TPSA) is 110 Å². The van der Waals surface area contributed by atoms with E-state index in [9.17, 15) is 32.9 Å². The fourth-order valence-corrected chi connectivity index (χ4v) is 1.67. The van der Waals surface area contributed by atoms with Gasteiger partial charge in [-0.2, -0.15) is 13.2 Å². The quantitative estimate of drug-likeness (QED) is 0.595. The number of nitro benzene ring substituents is 1. The number of rotatable bonds is 7. The summed E-state index contributed by atoms with van der Waals surface area (Å²) < 4.78 is 40.9. The molecule has 0 fully saturated rings. The third kappa shape index (κ3) is 5.74. The number of carboxylic acid groups (broad SMARTS) is 1. The van der Waals surface area contributed by atoms with Gasteiger partial charge >= 0.3 is 12.1 Å². The van der Waals surface area contributed by atoms with Crippen LogP contribution in [0.15, 0.2) is 18.2 Å². The lowest BCUT2D eigenvalue weighted by molar-refractivity contribution is -0.385. The second-order valence-corrected chi connectivity index (χ2v) is 4.71. The van der Waals surface area contributed by atoms with Crippen molar-refractivity contribution < 1.29 is 37.5 Å². The summed E-state index contributed by atoms with van der Waals surface area (Å²) in [6.45, 7) is -1.84. The number of hydrogen-bond donors (Lipinski definition) is 1. The fraction of sp³-hybridized carbons (Fsp3) is 0.385. The monoisotopic (exact) mass is 350 g/mol. The fourth-order valence-electron chi connectivity index (χ4n) is 1.67. The van der Waals surface area contributed by atoms with E-state index in [4.69, 9.17) is 5.11 Å². The van der Waals surface area contributed by atoms with Crippen molar-refractivity contribution in [2.75, 3.05) is 20.2 Å². The largest absolute Gasteiger partial charge is 0.484 e. The number of amides is 1. The van der Waals surface area contributed by atoms with Gasteiger partial charge in [0.1, 0.15) is 11.3 Å². The summed E-state index contributed by atoms with van der Waals surface area (Å²) in [5.74, 6) is -2.44. The molecule has 0 aliphatic carbocycles. The van der Waals surface area contributed by atoms with Crippen LogP contribution in [0.2, 0.25) is 0 Å². The van der Waals surface area contributed by atoms with Crippen LogP contribution in [0.1, 0.15) is 16.8 Å². The maximum absolute atomic E-state index is 12.2. The highest BCUT2D eigenvalue weighted by molar-refractivity contribution is 5.98. The number of halogens is 3. The van der Waals surface area contributed by atoms with Crippen LogP contribution in [0, 0.1) is 10.1 Å². The zero-order chi connectivity index (χ0) is 18.5. The number of nitrogens with zero attached hydrogens (tertiary/aromatic N) is 2. The van der Waals surface area contributed by atoms with Crippen molar-refractivity contribution >= 4 is 17.6 Å². The molecule has 0 bridgehead atoms. The highest BCUT2D eigenvalue weighted by Gasteiger charge is 2.29. The maximum Gasteiger partial charge on any atom is 0.422 e. The van der Waals surface area contributed by atoms with E-state index in [1.165, 1.54) is 7.05 Å². The molecule has 1 amide bonds. The first-order chi connectivity index (χ1) is 11.0. The summed E-state index contributed by atoms with van der Waals surface area (Å²) in [5.41, 5.74) is -1.12. The molecule has 0 spiro atoms. The Kier molecular flexibility index (Phi) is 6.09. The minimum atomic E-state index is -4.61. The van der Waals surface area contributed by atoms with Crippen molar-refractivity contribution in [3.05, 3.63) is 33.9 Å². The molecular formula is C13H13F3N2O6. The molecule has 0 radical (unpaired) electrons. The van der Waals surface area contributed by atoms with Crippen molar-refractivity contribution in [1.29, 1.82) is 0 Å². The lowest BCUT2D eigenvalue weighted by Gasteiger charge is -2.17. The summed E-state index contributed by atoms with van der Waals surface area (Å²) in [4.78, 5) is 33.7. The molecule has 1 aromatic carbocycles. The average Bonchev–Trinajstić information content (AvgIpc) is 2.48. The average molecular weight is 350 g/mol. The molecule has 0 unspecified atom stereocenters. The number of hydrogen-bond acceptors (Lipinski definition) is 5. The number of nitro groups is 1. The molecular weight excluding hydrogens is 337 g/mol. The SMILES string of the molecule is CN(CCC(=O)O)C(=O)c1cc(OCC(F)(F)F)ccc1[N+](=O)[O-]. The van der Waals surface area contributed by atoms with E-state index in [1.54, 1.807) is 0 Å². The van der Waals surface area contributed by atoms with E-state index < -0.39 is 40.8 Å². The molecule has 0 saturated heterocycles. The van der Waals surface area contributed by atoms with Gasteiger partial charge < -0.3 is 14.7 Å². The van der Waals surface area contributed by atoms with Crippen molar-refractivity contribution in [2.45, 2.75) is 12.6 Å². The number of alkyl halides is 3. The minimum Gasteiger partial charge on any atom is -0.484 e. The van der Waals surface area contributed by atoms with Crippen LogP contribution < -0.4 is 4.74 Å². The van der Waals surface area contributed by atoms with E-state index in [-0.39, 0.29) is 18.7 Å². The normalized spacial score (nSPS) is 11.0. The third-order valence-corrected chi connectivity index (χ3v) is 2.81. The Hall–Kier alpha value is -2.85. The van der Waals surface area contributed by atoms with Gasteiger partial charge in [-0.05, 0) is 12.1 Å². The van der Waals surface area contributed by atoms with Gasteiger partial charge in [-0.3, -0.25) is 19.7 Å². The van der Waals surface area contributed by atoms with Gasteiger partial charge in [0.2, 0.25) is 0 Å². The van der Waals surface area contributed by atoms with Crippen molar-refractivity contribution in [3.63, 3.8) is 0 Å². The van der Waals surface area contributed by atoms with E-state index >= 15 is 0 Å². The van der Waals surface area contributed by atoms with E-state index in [1.807, 2.05) is 0 Å². The molecule has 132 valence electrons. The first-order valence-electron chi connectivity index (χ1n) is 6.46. The molecule has 0 aliphatic rings. The van der Waals surface area contributed by atoms with Crippen LogP contribution >= 0.6 is 0 Å². The van der Waals surface area contributed by atoms with Gasteiger partial charge in [-0.15, -0.1) is 0 Å². The number of benzene rings is 1. The highest BCUT2D eigenvalue weighted by atomic mass is 19.4. The Morgan fingerprint density at radius 1 is 1.38 bits per heavy atom. The molecule has 11 heteroatoms. The van der Waals surface area contributed by atoms with Gasteiger partial charge in [0.25, 0.3) is 11.6 Å². The first kappa shape index (κ1) is 19.2. The summed E-state index contributed by atoms with van der Waals surface area (Å²) >= 11 is 0. The third-order valence-electron chi connectivity index (χ3n) is 2.81. The standard InChI is InChI=1S/C13H13F3N2O6/c1-17(5-4-11(19)20)12(21)9-6-8(24-7-13(14,15)16)2-3-10(9)18(22)23/h2-3,6H,4-5,7H2,1H3,(H,19,20). The van der Waals surface area contributed by atoms with Crippen LogP contribution in [-0.4, -0.2) is 53.2 Å². The molecule has 0 heterocycles. The van der Waals surface area contributed by atoms with E-state index in [0.29, 0.717) is 0 Å². The molecule has 0 saturated carbocycles. The number of carboxylic acids is 1. The molecule has 1 aromatic rings. The predicted octanol–water partition coefficient (Wildman–Crippen LogP) is 2.08. The van der Waals surface area contributed by atoms with Crippen molar-refractivity contribution in [2.24, 2.45) is 0 Å². The number of carbonyl (C=O) groups is 2. The first-order valence-corrected chi connectivity index (χ1v) is 6.46. The molecule has 0 atom stereocenters. The van der Waals surface area contributed by atoms with Crippen LogP contribution in [0.3, 0.4) is 0 Å².